The van der Waals surface area contributed by atoms with Gasteiger partial charge in [0.2, 0.25) is 0 Å². The van der Waals surface area contributed by atoms with Crippen molar-refractivity contribution in [1.29, 1.82) is 0 Å². The molecular weight excluding hydrogens is 300 g/mol. The molecule has 24 heavy (non-hydrogen) atoms. The largest absolute Gasteiger partial charge is 0.463 e. The standard InChI is InChI=1S/C20H20N2O2/c1-3-24-20(23)13-19(15-6-4-5-14(2)11-15)22-17-7-8-18-16(12-17)9-10-21-18/h4-13,21-22H,3H2,1-2H3/b19-13+. The number of benzene rings is 2. The van der Waals surface area contributed by atoms with Crippen molar-refractivity contribution in [1.82, 2.24) is 4.98 Å². The van der Waals surface area contributed by atoms with Gasteiger partial charge in [-0.3, -0.25) is 0 Å². The number of fused-ring (bicyclic) bond motifs is 1. The zero-order valence-corrected chi connectivity index (χ0v) is 13.8. The van der Waals surface area contributed by atoms with Crippen LogP contribution in [0.15, 0.2) is 60.8 Å². The van der Waals surface area contributed by atoms with E-state index in [1.807, 2.05) is 61.7 Å². The lowest BCUT2D eigenvalue weighted by molar-refractivity contribution is -0.137. The van der Waals surface area contributed by atoms with E-state index in [2.05, 4.69) is 10.3 Å². The van der Waals surface area contributed by atoms with Gasteiger partial charge in [0, 0.05) is 28.9 Å². The first-order chi connectivity index (χ1) is 11.7. The Morgan fingerprint density at radius 1 is 1.21 bits per heavy atom. The summed E-state index contributed by atoms with van der Waals surface area (Å²) in [5.74, 6) is -0.357. The van der Waals surface area contributed by atoms with Crippen molar-refractivity contribution in [2.45, 2.75) is 13.8 Å². The molecule has 0 aliphatic rings. The van der Waals surface area contributed by atoms with Gasteiger partial charge in [0.05, 0.1) is 12.3 Å². The molecule has 0 saturated carbocycles. The summed E-state index contributed by atoms with van der Waals surface area (Å²) in [5.41, 5.74) is 4.78. The molecule has 0 atom stereocenters. The predicted octanol–water partition coefficient (Wildman–Crippen LogP) is 4.49. The predicted molar refractivity (Wildman–Crippen MR) is 97.7 cm³/mol. The normalized spacial score (nSPS) is 11.5. The average molecular weight is 320 g/mol. The highest BCUT2D eigenvalue weighted by Crippen LogP contribution is 2.23. The van der Waals surface area contributed by atoms with Gasteiger partial charge in [-0.05, 0) is 49.7 Å². The van der Waals surface area contributed by atoms with Crippen molar-refractivity contribution in [2.75, 3.05) is 11.9 Å². The number of carbonyl (C=O) groups is 1. The molecule has 3 rings (SSSR count). The Bertz CT molecular complexity index is 893. The first kappa shape index (κ1) is 15.9. The first-order valence-corrected chi connectivity index (χ1v) is 7.95. The Hall–Kier alpha value is -3.01. The SMILES string of the molecule is CCOC(=O)/C=C(/Nc1ccc2[nH]ccc2c1)c1cccc(C)c1. The number of H-pyrrole nitrogens is 1. The Labute approximate surface area is 141 Å². The van der Waals surface area contributed by atoms with Gasteiger partial charge >= 0.3 is 5.97 Å². The van der Waals surface area contributed by atoms with Crippen LogP contribution in [-0.4, -0.2) is 17.6 Å². The fourth-order valence-corrected chi connectivity index (χ4v) is 2.59. The van der Waals surface area contributed by atoms with Gasteiger partial charge in [-0.2, -0.15) is 0 Å². The molecule has 0 saturated heterocycles. The molecule has 0 amide bonds. The molecule has 0 bridgehead atoms. The van der Waals surface area contributed by atoms with Crippen LogP contribution in [0.1, 0.15) is 18.1 Å². The molecule has 0 radical (unpaired) electrons. The topological polar surface area (TPSA) is 54.1 Å². The van der Waals surface area contributed by atoms with Gasteiger partial charge in [0.25, 0.3) is 0 Å². The summed E-state index contributed by atoms with van der Waals surface area (Å²) in [7, 11) is 0. The molecule has 4 heteroatoms. The maximum Gasteiger partial charge on any atom is 0.332 e. The van der Waals surface area contributed by atoms with Crippen LogP contribution in [-0.2, 0) is 9.53 Å². The zero-order valence-electron chi connectivity index (χ0n) is 13.8. The zero-order chi connectivity index (χ0) is 16.9. The number of aromatic nitrogens is 1. The van der Waals surface area contributed by atoms with Crippen LogP contribution in [0.3, 0.4) is 0 Å². The number of ether oxygens (including phenoxy) is 1. The van der Waals surface area contributed by atoms with E-state index in [9.17, 15) is 4.79 Å². The molecule has 0 unspecified atom stereocenters. The van der Waals surface area contributed by atoms with Crippen molar-refractivity contribution in [3.05, 3.63) is 71.9 Å². The number of hydrogen-bond acceptors (Lipinski definition) is 3. The molecule has 0 spiro atoms. The second-order valence-electron chi connectivity index (χ2n) is 5.58. The lowest BCUT2D eigenvalue weighted by Crippen LogP contribution is -2.06. The third-order valence-corrected chi connectivity index (χ3v) is 3.71. The maximum absolute atomic E-state index is 11.9. The minimum absolute atomic E-state index is 0.353. The highest BCUT2D eigenvalue weighted by atomic mass is 16.5. The maximum atomic E-state index is 11.9. The van der Waals surface area contributed by atoms with E-state index in [1.54, 1.807) is 6.92 Å². The van der Waals surface area contributed by atoms with Gasteiger partial charge in [-0.25, -0.2) is 4.79 Å². The Morgan fingerprint density at radius 3 is 2.88 bits per heavy atom. The van der Waals surface area contributed by atoms with E-state index in [0.717, 1.165) is 27.7 Å². The van der Waals surface area contributed by atoms with E-state index in [1.165, 1.54) is 6.08 Å². The Balaban J connectivity index is 1.95. The highest BCUT2D eigenvalue weighted by Gasteiger charge is 2.07. The molecule has 3 aromatic rings. The van der Waals surface area contributed by atoms with Crippen molar-refractivity contribution in [2.24, 2.45) is 0 Å². The number of aryl methyl sites for hydroxylation is 1. The molecule has 0 aliphatic carbocycles. The number of nitrogens with one attached hydrogen (secondary N) is 2. The van der Waals surface area contributed by atoms with Crippen molar-refractivity contribution < 1.29 is 9.53 Å². The van der Waals surface area contributed by atoms with Crippen molar-refractivity contribution >= 4 is 28.3 Å². The monoisotopic (exact) mass is 320 g/mol. The smallest absolute Gasteiger partial charge is 0.332 e. The summed E-state index contributed by atoms with van der Waals surface area (Å²) in [6, 6.07) is 16.1. The molecule has 4 nitrogen and oxygen atoms in total. The van der Waals surface area contributed by atoms with E-state index in [4.69, 9.17) is 4.74 Å². The van der Waals surface area contributed by atoms with Crippen LogP contribution >= 0.6 is 0 Å². The molecule has 2 N–H and O–H groups in total. The first-order valence-electron chi connectivity index (χ1n) is 7.95. The van der Waals surface area contributed by atoms with Gasteiger partial charge < -0.3 is 15.0 Å². The molecule has 122 valence electrons. The second kappa shape index (κ2) is 7.04. The van der Waals surface area contributed by atoms with Gasteiger partial charge in [-0.1, -0.05) is 23.8 Å². The summed E-state index contributed by atoms with van der Waals surface area (Å²) in [4.78, 5) is 15.1. The molecule has 2 aromatic carbocycles. The third-order valence-electron chi connectivity index (χ3n) is 3.71. The van der Waals surface area contributed by atoms with Crippen LogP contribution in [0.2, 0.25) is 0 Å². The lowest BCUT2D eigenvalue weighted by atomic mass is 10.1. The number of anilines is 1. The van der Waals surface area contributed by atoms with Crippen LogP contribution in [0.25, 0.3) is 16.6 Å². The van der Waals surface area contributed by atoms with Gasteiger partial charge in [0.15, 0.2) is 0 Å². The quantitative estimate of drug-likeness (QED) is 0.538. The molecule has 1 heterocycles. The summed E-state index contributed by atoms with van der Waals surface area (Å²) >= 11 is 0. The van der Waals surface area contributed by atoms with E-state index in [-0.39, 0.29) is 5.97 Å². The minimum Gasteiger partial charge on any atom is -0.463 e. The van der Waals surface area contributed by atoms with Crippen LogP contribution in [0, 0.1) is 6.92 Å². The number of hydrogen-bond donors (Lipinski definition) is 2. The fraction of sp³-hybridized carbons (Fsp3) is 0.150. The van der Waals surface area contributed by atoms with Crippen LogP contribution in [0.4, 0.5) is 5.69 Å². The lowest BCUT2D eigenvalue weighted by Gasteiger charge is -2.12. The van der Waals surface area contributed by atoms with Crippen molar-refractivity contribution in [3.63, 3.8) is 0 Å². The Morgan fingerprint density at radius 2 is 2.08 bits per heavy atom. The number of esters is 1. The third kappa shape index (κ3) is 3.66. The summed E-state index contributed by atoms with van der Waals surface area (Å²) in [6.45, 7) is 4.18. The highest BCUT2D eigenvalue weighted by molar-refractivity contribution is 5.95. The molecular formula is C20H20N2O2. The van der Waals surface area contributed by atoms with Crippen molar-refractivity contribution in [3.8, 4) is 0 Å². The molecule has 0 fully saturated rings. The summed E-state index contributed by atoms with van der Waals surface area (Å²) < 4.78 is 5.06. The van der Waals surface area contributed by atoms with E-state index < -0.39 is 0 Å². The average Bonchev–Trinajstić information content (AvgIpc) is 3.02. The molecule has 1 aromatic heterocycles. The van der Waals surface area contributed by atoms with E-state index in [0.29, 0.717) is 12.3 Å². The minimum atomic E-state index is -0.357. The van der Waals surface area contributed by atoms with Crippen LogP contribution < -0.4 is 5.32 Å². The molecule has 0 aliphatic heterocycles. The number of rotatable bonds is 5. The number of carbonyl (C=O) groups excluding carboxylic acids is 1. The summed E-state index contributed by atoms with van der Waals surface area (Å²) in [6.07, 6.45) is 3.41. The van der Waals surface area contributed by atoms with E-state index >= 15 is 0 Å². The van der Waals surface area contributed by atoms with Crippen LogP contribution in [0.5, 0.6) is 0 Å². The van der Waals surface area contributed by atoms with Gasteiger partial charge in [-0.15, -0.1) is 0 Å². The number of aromatic amines is 1. The second-order valence-corrected chi connectivity index (χ2v) is 5.58. The fourth-order valence-electron chi connectivity index (χ4n) is 2.59. The van der Waals surface area contributed by atoms with Gasteiger partial charge in [0.1, 0.15) is 0 Å². The Kier molecular flexibility index (Phi) is 4.66. The summed E-state index contributed by atoms with van der Waals surface area (Å²) in [5, 5.41) is 4.45.